The summed E-state index contributed by atoms with van der Waals surface area (Å²) in [5.41, 5.74) is 2.08. The highest BCUT2D eigenvalue weighted by Crippen LogP contribution is 2.30. The molecular formula is C26H21N3O8. The van der Waals surface area contributed by atoms with E-state index >= 15 is 0 Å². The van der Waals surface area contributed by atoms with Gasteiger partial charge in [-0.25, -0.2) is 9.59 Å². The van der Waals surface area contributed by atoms with Crippen molar-refractivity contribution in [1.29, 1.82) is 0 Å². The number of nitrogens with one attached hydrogen (secondary N) is 1. The number of carboxylic acids is 1. The number of urea groups is 1. The molecule has 3 aromatic rings. The van der Waals surface area contributed by atoms with Crippen LogP contribution in [-0.2, 0) is 17.9 Å². The summed E-state index contributed by atoms with van der Waals surface area (Å²) in [6.07, 6.45) is 1.51. The van der Waals surface area contributed by atoms with Crippen LogP contribution in [-0.4, -0.2) is 39.9 Å². The molecule has 1 aliphatic rings. The molecular weight excluding hydrogens is 482 g/mol. The van der Waals surface area contributed by atoms with Crippen LogP contribution in [0.3, 0.4) is 0 Å². The normalized spacial score (nSPS) is 14.0. The number of ether oxygens (including phenoxy) is 2. The van der Waals surface area contributed by atoms with Crippen molar-refractivity contribution in [2.24, 2.45) is 0 Å². The van der Waals surface area contributed by atoms with Crippen LogP contribution in [0.2, 0.25) is 0 Å². The van der Waals surface area contributed by atoms with Gasteiger partial charge in [0.05, 0.1) is 24.1 Å². The molecule has 11 nitrogen and oxygen atoms in total. The third kappa shape index (κ3) is 5.73. The Balaban J connectivity index is 1.44. The fourth-order valence-corrected chi connectivity index (χ4v) is 3.59. The van der Waals surface area contributed by atoms with Crippen molar-refractivity contribution in [3.63, 3.8) is 0 Å². The van der Waals surface area contributed by atoms with E-state index in [1.165, 1.54) is 49.6 Å². The third-order valence-corrected chi connectivity index (χ3v) is 5.54. The molecule has 3 aromatic carbocycles. The number of non-ortho nitro benzene ring substituents is 1. The number of imide groups is 1. The van der Waals surface area contributed by atoms with Crippen molar-refractivity contribution in [1.82, 2.24) is 10.2 Å². The Morgan fingerprint density at radius 3 is 2.32 bits per heavy atom. The Bertz CT molecular complexity index is 1400. The summed E-state index contributed by atoms with van der Waals surface area (Å²) in [4.78, 5) is 47.5. The van der Waals surface area contributed by atoms with Gasteiger partial charge in [0.25, 0.3) is 11.6 Å². The van der Waals surface area contributed by atoms with Crippen LogP contribution in [0.4, 0.5) is 10.5 Å². The maximum Gasteiger partial charge on any atom is 0.335 e. The highest BCUT2D eigenvalue weighted by Gasteiger charge is 2.33. The molecule has 1 saturated heterocycles. The van der Waals surface area contributed by atoms with E-state index in [-0.39, 0.29) is 30.1 Å². The van der Waals surface area contributed by atoms with E-state index in [0.717, 1.165) is 10.5 Å². The Morgan fingerprint density at radius 2 is 1.70 bits per heavy atom. The molecule has 2 N–H and O–H groups in total. The average molecular weight is 503 g/mol. The molecule has 1 fully saturated rings. The van der Waals surface area contributed by atoms with Crippen LogP contribution >= 0.6 is 0 Å². The maximum absolute atomic E-state index is 12.8. The first-order valence-electron chi connectivity index (χ1n) is 11.0. The number of carboxylic acid groups (broad SMARTS) is 1. The van der Waals surface area contributed by atoms with E-state index in [0.29, 0.717) is 22.6 Å². The topological polar surface area (TPSA) is 148 Å². The number of carbonyl (C=O) groups is 3. The van der Waals surface area contributed by atoms with Crippen LogP contribution in [0.25, 0.3) is 6.08 Å². The van der Waals surface area contributed by atoms with Crippen LogP contribution in [0.15, 0.2) is 72.4 Å². The SMILES string of the molecule is COc1cc(/C=C2/NC(=O)N(Cc3ccc([N+](=O)[O-])cc3)C2=O)ccc1OCc1ccc(C(=O)O)cc1. The summed E-state index contributed by atoms with van der Waals surface area (Å²) >= 11 is 0. The summed E-state index contributed by atoms with van der Waals surface area (Å²) in [6, 6.07) is 16.3. The number of methoxy groups -OCH3 is 1. The minimum atomic E-state index is -1.01. The lowest BCUT2D eigenvalue weighted by Crippen LogP contribution is -2.30. The zero-order valence-electron chi connectivity index (χ0n) is 19.5. The molecule has 0 spiro atoms. The molecule has 3 amide bonds. The molecule has 1 heterocycles. The molecule has 0 unspecified atom stereocenters. The van der Waals surface area contributed by atoms with Gasteiger partial charge in [-0.05, 0) is 47.0 Å². The second-order valence-corrected chi connectivity index (χ2v) is 8.00. The first kappa shape index (κ1) is 24.9. The molecule has 0 aliphatic carbocycles. The Morgan fingerprint density at radius 1 is 1.03 bits per heavy atom. The number of aromatic carboxylic acids is 1. The molecule has 0 aromatic heterocycles. The van der Waals surface area contributed by atoms with Crippen molar-refractivity contribution in [3.8, 4) is 11.5 Å². The van der Waals surface area contributed by atoms with Crippen LogP contribution in [0, 0.1) is 10.1 Å². The van der Waals surface area contributed by atoms with E-state index in [1.807, 2.05) is 0 Å². The lowest BCUT2D eigenvalue weighted by Gasteiger charge is -2.12. The van der Waals surface area contributed by atoms with Gasteiger partial charge in [0.1, 0.15) is 12.3 Å². The van der Waals surface area contributed by atoms with Crippen LogP contribution in [0.5, 0.6) is 11.5 Å². The predicted octanol–water partition coefficient (Wildman–Crippen LogP) is 3.97. The molecule has 0 radical (unpaired) electrons. The molecule has 4 rings (SSSR count). The number of amides is 3. The summed E-state index contributed by atoms with van der Waals surface area (Å²) in [6.45, 7) is 0.145. The van der Waals surface area contributed by atoms with E-state index in [9.17, 15) is 24.5 Å². The number of hydrogen-bond acceptors (Lipinski definition) is 7. The minimum Gasteiger partial charge on any atom is -0.493 e. The molecule has 1 aliphatic heterocycles. The lowest BCUT2D eigenvalue weighted by molar-refractivity contribution is -0.384. The second kappa shape index (κ2) is 10.6. The fraction of sp³-hybridized carbons (Fsp3) is 0.115. The quantitative estimate of drug-likeness (QED) is 0.193. The standard InChI is InChI=1S/C26H21N3O8/c1-36-23-13-18(6-11-22(23)37-15-17-2-7-19(8-3-17)25(31)32)12-21-24(30)28(26(33)27-21)14-16-4-9-20(10-5-16)29(34)35/h2-13H,14-15H2,1H3,(H,27,33)(H,31,32)/b21-12+. The van der Waals surface area contributed by atoms with Gasteiger partial charge in [0, 0.05) is 12.1 Å². The van der Waals surface area contributed by atoms with Crippen LogP contribution < -0.4 is 14.8 Å². The van der Waals surface area contributed by atoms with Crippen molar-refractivity contribution in [2.45, 2.75) is 13.2 Å². The molecule has 0 atom stereocenters. The van der Waals surface area contributed by atoms with Crippen molar-refractivity contribution >= 4 is 29.7 Å². The van der Waals surface area contributed by atoms with E-state index in [2.05, 4.69) is 5.32 Å². The predicted molar refractivity (Wildman–Crippen MR) is 131 cm³/mol. The van der Waals surface area contributed by atoms with E-state index in [4.69, 9.17) is 14.6 Å². The lowest BCUT2D eigenvalue weighted by atomic mass is 10.1. The zero-order valence-corrected chi connectivity index (χ0v) is 19.5. The van der Waals surface area contributed by atoms with E-state index < -0.39 is 22.8 Å². The Kier molecular flexibility index (Phi) is 7.14. The molecule has 11 heteroatoms. The first-order valence-corrected chi connectivity index (χ1v) is 11.0. The number of nitrogens with zero attached hydrogens (tertiary/aromatic N) is 2. The third-order valence-electron chi connectivity index (χ3n) is 5.54. The molecule has 37 heavy (non-hydrogen) atoms. The highest BCUT2D eigenvalue weighted by molar-refractivity contribution is 6.13. The fourth-order valence-electron chi connectivity index (χ4n) is 3.59. The number of nitro benzene ring substituents is 1. The number of nitro groups is 1. The van der Waals surface area contributed by atoms with Gasteiger partial charge in [-0.1, -0.05) is 30.3 Å². The smallest absolute Gasteiger partial charge is 0.335 e. The van der Waals surface area contributed by atoms with Crippen molar-refractivity contribution in [2.75, 3.05) is 7.11 Å². The summed E-state index contributed by atoms with van der Waals surface area (Å²) in [7, 11) is 1.47. The molecule has 188 valence electrons. The second-order valence-electron chi connectivity index (χ2n) is 8.00. The molecule has 0 saturated carbocycles. The monoisotopic (exact) mass is 503 g/mol. The summed E-state index contributed by atoms with van der Waals surface area (Å²) in [5.74, 6) is -0.706. The van der Waals surface area contributed by atoms with Gasteiger partial charge in [-0.3, -0.25) is 19.8 Å². The van der Waals surface area contributed by atoms with Gasteiger partial charge in [0.2, 0.25) is 0 Å². The first-order chi connectivity index (χ1) is 17.7. The largest absolute Gasteiger partial charge is 0.493 e. The number of carbonyl (C=O) groups excluding carboxylic acids is 2. The van der Waals surface area contributed by atoms with Gasteiger partial charge in [-0.2, -0.15) is 0 Å². The summed E-state index contributed by atoms with van der Waals surface area (Å²) in [5, 5.41) is 22.3. The van der Waals surface area contributed by atoms with Crippen molar-refractivity contribution < 1.29 is 33.9 Å². The van der Waals surface area contributed by atoms with E-state index in [1.54, 1.807) is 30.3 Å². The number of hydrogen-bond donors (Lipinski definition) is 2. The van der Waals surface area contributed by atoms with Gasteiger partial charge in [-0.15, -0.1) is 0 Å². The summed E-state index contributed by atoms with van der Waals surface area (Å²) < 4.78 is 11.2. The van der Waals surface area contributed by atoms with Gasteiger partial charge >= 0.3 is 12.0 Å². The number of benzene rings is 3. The van der Waals surface area contributed by atoms with Gasteiger partial charge in [0.15, 0.2) is 11.5 Å². The minimum absolute atomic E-state index is 0.0382. The van der Waals surface area contributed by atoms with Gasteiger partial charge < -0.3 is 19.9 Å². The van der Waals surface area contributed by atoms with Crippen molar-refractivity contribution in [3.05, 3.63) is 105 Å². The number of rotatable bonds is 9. The zero-order chi connectivity index (χ0) is 26.5. The van der Waals surface area contributed by atoms with Crippen LogP contribution in [0.1, 0.15) is 27.0 Å². The Labute approximate surface area is 210 Å². The Hall–Kier alpha value is -5.19. The maximum atomic E-state index is 12.8. The molecule has 0 bridgehead atoms. The highest BCUT2D eigenvalue weighted by atomic mass is 16.6. The average Bonchev–Trinajstić information content (AvgIpc) is 3.15.